The molecule has 0 aromatic rings. The van der Waals surface area contributed by atoms with E-state index in [4.69, 9.17) is 0 Å². The second-order valence-corrected chi connectivity index (χ2v) is 12.9. The summed E-state index contributed by atoms with van der Waals surface area (Å²) in [6, 6.07) is 0. The molecule has 0 aliphatic heterocycles. The predicted molar refractivity (Wildman–Crippen MR) is 103 cm³/mol. The lowest BCUT2D eigenvalue weighted by Gasteiger charge is -2.35. The smallest absolute Gasteiger partial charge is 0.318 e. The number of unbranched alkanes of at least 4 members (excludes halogenated alkanes) is 1. The minimum absolute atomic E-state index is 0.0339. The molecule has 8 nitrogen and oxygen atoms in total. The van der Waals surface area contributed by atoms with Gasteiger partial charge in [-0.3, -0.25) is 18.8 Å². The van der Waals surface area contributed by atoms with Gasteiger partial charge >= 0.3 is 18.5 Å². The lowest BCUT2D eigenvalue weighted by atomic mass is 10.4. The fraction of sp³-hybridized carbons (Fsp3) is 0.857. The van der Waals surface area contributed by atoms with Gasteiger partial charge < -0.3 is 4.90 Å². The van der Waals surface area contributed by atoms with Crippen molar-refractivity contribution in [3.8, 4) is 0 Å². The van der Waals surface area contributed by atoms with E-state index in [0.29, 0.717) is 25.0 Å². The van der Waals surface area contributed by atoms with Crippen LogP contribution in [0.4, 0.5) is 0 Å². The van der Waals surface area contributed by atoms with E-state index in [9.17, 15) is 22.6 Å². The summed E-state index contributed by atoms with van der Waals surface area (Å²) in [5, 5.41) is 0. The van der Waals surface area contributed by atoms with Crippen LogP contribution >= 0.6 is 18.0 Å². The zero-order chi connectivity index (χ0) is 19.8. The van der Waals surface area contributed by atoms with Crippen LogP contribution in [0, 0.1) is 0 Å². The molecule has 0 bridgehead atoms. The van der Waals surface area contributed by atoms with Gasteiger partial charge in [0.1, 0.15) is 0 Å². The normalized spacial score (nSPS) is 14.2. The van der Waals surface area contributed by atoms with E-state index in [1.54, 1.807) is 6.92 Å². The number of hydrogen-bond donors (Lipinski definition) is 0. The number of carbonyl (C=O) groups is 2. The summed E-state index contributed by atoms with van der Waals surface area (Å²) in [6.45, 7) is 1.42. The highest BCUT2D eigenvalue weighted by Crippen LogP contribution is 2.64. The van der Waals surface area contributed by atoms with E-state index >= 15 is 0 Å². The van der Waals surface area contributed by atoms with E-state index in [1.165, 1.54) is 21.1 Å². The van der Waals surface area contributed by atoms with E-state index in [0.717, 1.165) is 25.0 Å². The van der Waals surface area contributed by atoms with Crippen LogP contribution in [0.3, 0.4) is 0 Å². The third-order valence-corrected chi connectivity index (χ3v) is 12.4. The summed E-state index contributed by atoms with van der Waals surface area (Å²) in [5.74, 6) is -1.56. The van der Waals surface area contributed by atoms with E-state index in [1.807, 2.05) is 13.8 Å². The Labute approximate surface area is 155 Å². The van der Waals surface area contributed by atoms with Gasteiger partial charge in [-0.1, -0.05) is 38.6 Å². The van der Waals surface area contributed by atoms with Gasteiger partial charge in [0.25, 0.3) is 0 Å². The summed E-state index contributed by atoms with van der Waals surface area (Å²) < 4.78 is 40.7. The minimum Gasteiger partial charge on any atom is -0.341 e. The molecule has 0 fully saturated rings. The van der Waals surface area contributed by atoms with Gasteiger partial charge in [-0.25, -0.2) is 8.42 Å². The van der Waals surface area contributed by atoms with Gasteiger partial charge in [-0.05, 0) is 12.8 Å². The van der Waals surface area contributed by atoms with Crippen LogP contribution in [-0.2, 0) is 24.2 Å². The molecule has 0 saturated heterocycles. The second kappa shape index (κ2) is 10.5. The summed E-state index contributed by atoms with van der Waals surface area (Å²) in [5.41, 5.74) is 0. The Balaban J connectivity index is 5.95. The number of sulfonamides is 1. The molecule has 0 N–H and O–H groups in total. The summed E-state index contributed by atoms with van der Waals surface area (Å²) in [7, 11) is 0.232. The monoisotopic (exact) mass is 415 g/mol. The van der Waals surface area contributed by atoms with E-state index < -0.39 is 28.5 Å². The van der Waals surface area contributed by atoms with Crippen LogP contribution < -0.4 is 0 Å². The molecule has 0 saturated carbocycles. The van der Waals surface area contributed by atoms with Gasteiger partial charge in [0.2, 0.25) is 10.0 Å². The Morgan fingerprint density at radius 2 is 1.56 bits per heavy atom. The highest BCUT2D eigenvalue weighted by atomic mass is 32.7. The average Bonchev–Trinajstić information content (AvgIpc) is 2.56. The maximum absolute atomic E-state index is 13.6. The molecule has 148 valence electrons. The summed E-state index contributed by atoms with van der Waals surface area (Å²) in [6.07, 6.45) is 1.77. The molecule has 0 aromatic heterocycles. The standard InChI is InChI=1S/C14H30N3O5PS2/c1-7-10-12-25(21,22)17(9-3)23(20,24-11-8-2)16(6)14(19)13(18)15(4)5/h7-12H2,1-6H3. The van der Waals surface area contributed by atoms with Crippen molar-refractivity contribution in [3.63, 3.8) is 0 Å². The topological polar surface area (TPSA) is 95.1 Å². The molecule has 0 aromatic carbocycles. The fourth-order valence-electron chi connectivity index (χ4n) is 1.92. The Morgan fingerprint density at radius 1 is 1.00 bits per heavy atom. The van der Waals surface area contributed by atoms with Crippen LogP contribution in [0.25, 0.3) is 0 Å². The first-order chi connectivity index (χ1) is 11.5. The van der Waals surface area contributed by atoms with Gasteiger partial charge in [0, 0.05) is 33.4 Å². The molecular weight excluding hydrogens is 385 g/mol. The maximum Gasteiger partial charge on any atom is 0.318 e. The summed E-state index contributed by atoms with van der Waals surface area (Å²) >= 11 is 0.919. The molecule has 0 spiro atoms. The van der Waals surface area contributed by atoms with Crippen molar-refractivity contribution in [2.24, 2.45) is 0 Å². The molecule has 2 amide bonds. The molecule has 0 rings (SSSR count). The SMILES string of the molecule is CCCCS(=O)(=O)N(CC)P(=O)(SCCC)N(C)C(=O)C(=O)N(C)C. The van der Waals surface area contributed by atoms with Gasteiger partial charge in [0.05, 0.1) is 5.75 Å². The van der Waals surface area contributed by atoms with Crippen molar-refractivity contribution < 1.29 is 22.6 Å². The van der Waals surface area contributed by atoms with Crippen molar-refractivity contribution >= 4 is 39.9 Å². The van der Waals surface area contributed by atoms with Gasteiger partial charge in [-0.2, -0.15) is 0 Å². The Bertz CT molecular complexity index is 610. The first-order valence-electron chi connectivity index (χ1n) is 8.24. The lowest BCUT2D eigenvalue weighted by molar-refractivity contribution is -0.147. The molecule has 1 atom stereocenters. The number of hydrogen-bond acceptors (Lipinski definition) is 6. The second-order valence-electron chi connectivity index (χ2n) is 5.66. The molecule has 0 aliphatic rings. The van der Waals surface area contributed by atoms with Gasteiger partial charge in [0.15, 0.2) is 0 Å². The summed E-state index contributed by atoms with van der Waals surface area (Å²) in [4.78, 5) is 25.4. The van der Waals surface area contributed by atoms with Crippen LogP contribution in [0.5, 0.6) is 0 Å². The zero-order valence-corrected chi connectivity index (χ0v) is 18.4. The lowest BCUT2D eigenvalue weighted by Crippen LogP contribution is -2.43. The molecule has 25 heavy (non-hydrogen) atoms. The molecule has 1 unspecified atom stereocenters. The molecular formula is C14H30N3O5PS2. The largest absolute Gasteiger partial charge is 0.341 e. The Hall–Kier alpha value is -0.570. The maximum atomic E-state index is 13.6. The van der Waals surface area contributed by atoms with Crippen molar-refractivity contribution in [1.29, 1.82) is 0 Å². The first kappa shape index (κ1) is 24.4. The van der Waals surface area contributed by atoms with Crippen LogP contribution in [0.2, 0.25) is 0 Å². The molecule has 11 heteroatoms. The number of amides is 2. The van der Waals surface area contributed by atoms with Crippen LogP contribution in [0.15, 0.2) is 0 Å². The first-order valence-corrected chi connectivity index (χ1v) is 13.1. The minimum atomic E-state index is -3.85. The molecule has 0 radical (unpaired) electrons. The Morgan fingerprint density at radius 3 is 1.96 bits per heavy atom. The molecule has 0 heterocycles. The van der Waals surface area contributed by atoms with Crippen molar-refractivity contribution in [1.82, 2.24) is 13.6 Å². The van der Waals surface area contributed by atoms with E-state index in [-0.39, 0.29) is 12.3 Å². The van der Waals surface area contributed by atoms with E-state index in [2.05, 4.69) is 0 Å². The quantitative estimate of drug-likeness (QED) is 0.401. The van der Waals surface area contributed by atoms with Crippen molar-refractivity contribution in [2.75, 3.05) is 39.2 Å². The van der Waals surface area contributed by atoms with Gasteiger partial charge in [-0.15, -0.1) is 4.08 Å². The zero-order valence-electron chi connectivity index (χ0n) is 15.9. The fourth-order valence-corrected chi connectivity index (χ4v) is 10.8. The van der Waals surface area contributed by atoms with Crippen molar-refractivity contribution in [2.45, 2.75) is 40.0 Å². The highest BCUT2D eigenvalue weighted by molar-refractivity contribution is 8.57. The molecule has 0 aliphatic carbocycles. The predicted octanol–water partition coefficient (Wildman–Crippen LogP) is 2.24. The third kappa shape index (κ3) is 6.27. The Kier molecular flexibility index (Phi) is 10.3. The average molecular weight is 416 g/mol. The number of likely N-dealkylation sites (N-methyl/N-ethyl adjacent to an activating group) is 2. The van der Waals surface area contributed by atoms with Crippen molar-refractivity contribution in [3.05, 3.63) is 0 Å². The number of carbonyl (C=O) groups excluding carboxylic acids is 2. The van der Waals surface area contributed by atoms with Crippen LogP contribution in [0.1, 0.15) is 40.0 Å². The van der Waals surface area contributed by atoms with Crippen LogP contribution in [-0.4, -0.2) is 73.1 Å². The number of nitrogens with zero attached hydrogens (tertiary/aromatic N) is 3. The third-order valence-electron chi connectivity index (χ3n) is 3.36. The number of rotatable bonds is 10. The highest BCUT2D eigenvalue weighted by Gasteiger charge is 2.45.